The largest absolute Gasteiger partial charge is 0.481 e. The van der Waals surface area contributed by atoms with Gasteiger partial charge in [0.25, 0.3) is 0 Å². The molecule has 1 N–H and O–H groups in total. The Kier molecular flexibility index (Phi) is 3.48. The number of carboxylic acids is 1. The molecule has 1 aromatic carbocycles. The molecule has 0 radical (unpaired) electrons. The minimum absolute atomic E-state index is 0.332. The summed E-state index contributed by atoms with van der Waals surface area (Å²) in [6.07, 6.45) is 2.77. The highest BCUT2D eigenvalue weighted by molar-refractivity contribution is 5.76. The average Bonchev–Trinajstić information content (AvgIpc) is 2.25. The van der Waals surface area contributed by atoms with E-state index in [9.17, 15) is 9.90 Å². The lowest BCUT2D eigenvalue weighted by Crippen LogP contribution is -2.50. The van der Waals surface area contributed by atoms with E-state index in [1.165, 1.54) is 5.56 Å². The number of aliphatic carboxylic acids is 1. The molecule has 0 aliphatic carbocycles. The normalized spacial score (nSPS) is 17.5. The molecular formula is C14H18O3. The van der Waals surface area contributed by atoms with Crippen LogP contribution in [-0.2, 0) is 22.4 Å². The number of benzene rings is 1. The summed E-state index contributed by atoms with van der Waals surface area (Å²) in [5.74, 6) is -0.749. The summed E-state index contributed by atoms with van der Waals surface area (Å²) in [6, 6.07) is 8.25. The van der Waals surface area contributed by atoms with E-state index in [-0.39, 0.29) is 0 Å². The first-order valence-electron chi connectivity index (χ1n) is 6.05. The average molecular weight is 234 g/mol. The van der Waals surface area contributed by atoms with Crippen LogP contribution in [0.4, 0.5) is 0 Å². The lowest BCUT2D eigenvalue weighted by Gasteiger charge is -2.37. The summed E-state index contributed by atoms with van der Waals surface area (Å²) in [4.78, 5) is 11.2. The quantitative estimate of drug-likeness (QED) is 0.850. The summed E-state index contributed by atoms with van der Waals surface area (Å²) in [6.45, 7) is 2.82. The maximum Gasteiger partial charge on any atom is 0.314 e. The second-order valence-corrected chi connectivity index (χ2v) is 4.82. The van der Waals surface area contributed by atoms with Gasteiger partial charge < -0.3 is 9.84 Å². The van der Waals surface area contributed by atoms with E-state index in [4.69, 9.17) is 4.74 Å². The Bertz CT molecular complexity index is 390. The molecule has 3 nitrogen and oxygen atoms in total. The highest BCUT2D eigenvalue weighted by Crippen LogP contribution is 2.32. The molecule has 0 aromatic heterocycles. The van der Waals surface area contributed by atoms with E-state index in [1.54, 1.807) is 0 Å². The van der Waals surface area contributed by atoms with Crippen LogP contribution < -0.4 is 0 Å². The SMILES string of the molecule is CCCc1ccc(CC2(C(=O)O)COC2)cc1. The zero-order valence-corrected chi connectivity index (χ0v) is 10.1. The third-order valence-electron chi connectivity index (χ3n) is 3.31. The Morgan fingerprint density at radius 3 is 2.29 bits per heavy atom. The van der Waals surface area contributed by atoms with Gasteiger partial charge in [0.15, 0.2) is 0 Å². The van der Waals surface area contributed by atoms with Crippen molar-refractivity contribution >= 4 is 5.97 Å². The molecular weight excluding hydrogens is 216 g/mol. The van der Waals surface area contributed by atoms with E-state index in [0.29, 0.717) is 19.6 Å². The van der Waals surface area contributed by atoms with Gasteiger partial charge in [0.05, 0.1) is 13.2 Å². The highest BCUT2D eigenvalue weighted by atomic mass is 16.5. The molecule has 92 valence electrons. The van der Waals surface area contributed by atoms with E-state index >= 15 is 0 Å². The molecule has 0 unspecified atom stereocenters. The van der Waals surface area contributed by atoms with Gasteiger partial charge in [-0.3, -0.25) is 4.79 Å². The number of carbonyl (C=O) groups is 1. The van der Waals surface area contributed by atoms with E-state index < -0.39 is 11.4 Å². The Labute approximate surface area is 101 Å². The first-order valence-corrected chi connectivity index (χ1v) is 6.05. The molecule has 0 spiro atoms. The van der Waals surface area contributed by atoms with Crippen LogP contribution in [0.15, 0.2) is 24.3 Å². The fraction of sp³-hybridized carbons (Fsp3) is 0.500. The molecule has 2 rings (SSSR count). The number of rotatable bonds is 5. The summed E-state index contributed by atoms with van der Waals surface area (Å²) in [5, 5.41) is 9.20. The second kappa shape index (κ2) is 4.88. The van der Waals surface area contributed by atoms with Crippen molar-refractivity contribution < 1.29 is 14.6 Å². The van der Waals surface area contributed by atoms with Gasteiger partial charge in [-0.25, -0.2) is 0 Å². The number of hydrogen-bond acceptors (Lipinski definition) is 2. The molecule has 1 fully saturated rings. The van der Waals surface area contributed by atoms with Crippen molar-refractivity contribution in [2.45, 2.75) is 26.2 Å². The number of hydrogen-bond donors (Lipinski definition) is 1. The highest BCUT2D eigenvalue weighted by Gasteiger charge is 2.46. The third-order valence-corrected chi connectivity index (χ3v) is 3.31. The van der Waals surface area contributed by atoms with Crippen LogP contribution in [0.5, 0.6) is 0 Å². The molecule has 1 aliphatic heterocycles. The monoisotopic (exact) mass is 234 g/mol. The Morgan fingerprint density at radius 2 is 1.88 bits per heavy atom. The van der Waals surface area contributed by atoms with Crippen molar-refractivity contribution in [2.24, 2.45) is 5.41 Å². The van der Waals surface area contributed by atoms with Crippen LogP contribution in [-0.4, -0.2) is 24.3 Å². The van der Waals surface area contributed by atoms with Crippen molar-refractivity contribution in [3.63, 3.8) is 0 Å². The van der Waals surface area contributed by atoms with Gasteiger partial charge in [-0.2, -0.15) is 0 Å². The molecule has 0 amide bonds. The molecule has 1 heterocycles. The zero-order valence-electron chi connectivity index (χ0n) is 10.1. The first-order chi connectivity index (χ1) is 8.16. The predicted molar refractivity (Wildman–Crippen MR) is 65.0 cm³/mol. The van der Waals surface area contributed by atoms with Gasteiger partial charge in [-0.15, -0.1) is 0 Å². The van der Waals surface area contributed by atoms with Crippen molar-refractivity contribution in [1.29, 1.82) is 0 Å². The summed E-state index contributed by atoms with van der Waals surface area (Å²) in [5.41, 5.74) is 1.70. The van der Waals surface area contributed by atoms with Gasteiger partial charge in [-0.1, -0.05) is 37.6 Å². The van der Waals surface area contributed by atoms with Crippen molar-refractivity contribution in [3.8, 4) is 0 Å². The fourth-order valence-corrected chi connectivity index (χ4v) is 2.15. The van der Waals surface area contributed by atoms with E-state index in [0.717, 1.165) is 18.4 Å². The second-order valence-electron chi connectivity index (χ2n) is 4.82. The van der Waals surface area contributed by atoms with Gasteiger partial charge in [-0.05, 0) is 24.0 Å². The van der Waals surface area contributed by atoms with Crippen LogP contribution in [0.25, 0.3) is 0 Å². The fourth-order valence-electron chi connectivity index (χ4n) is 2.15. The Morgan fingerprint density at radius 1 is 1.29 bits per heavy atom. The molecule has 0 bridgehead atoms. The van der Waals surface area contributed by atoms with Crippen molar-refractivity contribution in [2.75, 3.05) is 13.2 Å². The molecule has 0 atom stereocenters. The number of aryl methyl sites for hydroxylation is 1. The van der Waals surface area contributed by atoms with Crippen molar-refractivity contribution in [3.05, 3.63) is 35.4 Å². The molecule has 0 saturated carbocycles. The minimum Gasteiger partial charge on any atom is -0.481 e. The Hall–Kier alpha value is -1.35. The summed E-state index contributed by atoms with van der Waals surface area (Å²) < 4.78 is 5.05. The number of ether oxygens (including phenoxy) is 1. The summed E-state index contributed by atoms with van der Waals surface area (Å²) in [7, 11) is 0. The van der Waals surface area contributed by atoms with Gasteiger partial charge in [0.1, 0.15) is 5.41 Å². The minimum atomic E-state index is -0.749. The first kappa shape index (κ1) is 12.1. The van der Waals surface area contributed by atoms with Gasteiger partial charge >= 0.3 is 5.97 Å². The van der Waals surface area contributed by atoms with Crippen LogP contribution in [0.2, 0.25) is 0 Å². The lowest BCUT2D eigenvalue weighted by molar-refractivity contribution is -0.179. The maximum absolute atomic E-state index is 11.2. The molecule has 17 heavy (non-hydrogen) atoms. The maximum atomic E-state index is 11.2. The molecule has 3 heteroatoms. The topological polar surface area (TPSA) is 46.5 Å². The number of carboxylic acid groups (broad SMARTS) is 1. The van der Waals surface area contributed by atoms with Crippen LogP contribution in [0.1, 0.15) is 24.5 Å². The Balaban J connectivity index is 2.05. The molecule has 1 aromatic rings. The lowest BCUT2D eigenvalue weighted by atomic mass is 9.80. The standard InChI is InChI=1S/C14H18O3/c1-2-3-11-4-6-12(7-5-11)8-14(13(15)16)9-17-10-14/h4-7H,2-3,8-10H2,1H3,(H,15,16). The van der Waals surface area contributed by atoms with Gasteiger partial charge in [0, 0.05) is 0 Å². The van der Waals surface area contributed by atoms with Gasteiger partial charge in [0.2, 0.25) is 0 Å². The van der Waals surface area contributed by atoms with Crippen LogP contribution in [0.3, 0.4) is 0 Å². The van der Waals surface area contributed by atoms with Crippen LogP contribution in [0, 0.1) is 5.41 Å². The van der Waals surface area contributed by atoms with Crippen molar-refractivity contribution in [1.82, 2.24) is 0 Å². The third kappa shape index (κ3) is 2.50. The van der Waals surface area contributed by atoms with E-state index in [2.05, 4.69) is 19.1 Å². The smallest absolute Gasteiger partial charge is 0.314 e. The zero-order chi connectivity index (χ0) is 12.3. The van der Waals surface area contributed by atoms with Crippen LogP contribution >= 0.6 is 0 Å². The summed E-state index contributed by atoms with van der Waals surface area (Å²) >= 11 is 0. The molecule has 1 saturated heterocycles. The van der Waals surface area contributed by atoms with E-state index in [1.807, 2.05) is 12.1 Å². The molecule has 1 aliphatic rings. The predicted octanol–water partition coefficient (Wildman–Crippen LogP) is 2.28.